The van der Waals surface area contributed by atoms with Gasteiger partial charge in [0.05, 0.1) is 0 Å². The van der Waals surface area contributed by atoms with Gasteiger partial charge in [0.25, 0.3) is 0 Å². The smallest absolute Gasteiger partial charge is 0.407 e. The zero-order valence-corrected chi connectivity index (χ0v) is 17.7. The predicted molar refractivity (Wildman–Crippen MR) is 117 cm³/mol. The van der Waals surface area contributed by atoms with Crippen LogP contribution in [0.2, 0.25) is 0 Å². The van der Waals surface area contributed by atoms with Gasteiger partial charge < -0.3 is 20.1 Å². The average Bonchev–Trinajstić information content (AvgIpc) is 3.47. The number of alkyl carbamates (subject to hydrolysis) is 1. The highest BCUT2D eigenvalue weighted by Crippen LogP contribution is 2.44. The molecule has 7 nitrogen and oxygen atoms in total. The summed E-state index contributed by atoms with van der Waals surface area (Å²) in [7, 11) is 0. The molecule has 1 saturated carbocycles. The van der Waals surface area contributed by atoms with E-state index in [9.17, 15) is 19.5 Å². The van der Waals surface area contributed by atoms with E-state index in [2.05, 4.69) is 17.4 Å². The Morgan fingerprint density at radius 2 is 1.66 bits per heavy atom. The molecular formula is C25H26N2O5. The first-order valence-corrected chi connectivity index (χ1v) is 11.2. The molecule has 0 aromatic heterocycles. The van der Waals surface area contributed by atoms with Crippen LogP contribution in [0.1, 0.15) is 36.3 Å². The van der Waals surface area contributed by atoms with Crippen molar-refractivity contribution in [1.82, 2.24) is 10.2 Å². The van der Waals surface area contributed by atoms with Crippen LogP contribution in [0.15, 0.2) is 48.5 Å². The summed E-state index contributed by atoms with van der Waals surface area (Å²) in [6.45, 7) is 0.354. The number of hydrogen-bond acceptors (Lipinski definition) is 4. The molecule has 3 aliphatic rings. The van der Waals surface area contributed by atoms with Crippen molar-refractivity contribution in [1.29, 1.82) is 0 Å². The number of nitrogens with one attached hydrogen (secondary N) is 1. The van der Waals surface area contributed by atoms with Crippen LogP contribution in [-0.4, -0.2) is 53.7 Å². The molecule has 1 aliphatic heterocycles. The quantitative estimate of drug-likeness (QED) is 0.753. The van der Waals surface area contributed by atoms with Gasteiger partial charge in [-0.05, 0) is 46.9 Å². The minimum atomic E-state index is -0.964. The van der Waals surface area contributed by atoms with Gasteiger partial charge >= 0.3 is 12.1 Å². The standard InChI is InChI=1S/C25H26N2O5/c28-22(27-13-15-6-5-11-16(15)23(27)24(29)30)12-26-25(31)32-14-21-19-9-3-1-7-17(19)18-8-2-4-10-20(18)21/h1-4,7-10,15-16,21,23H,5-6,11-14H2,(H,26,31)(H,29,30). The van der Waals surface area contributed by atoms with Gasteiger partial charge in [-0.2, -0.15) is 0 Å². The Hall–Kier alpha value is -3.35. The molecule has 166 valence electrons. The van der Waals surface area contributed by atoms with Crippen molar-refractivity contribution in [2.75, 3.05) is 19.7 Å². The molecule has 2 aromatic rings. The van der Waals surface area contributed by atoms with E-state index in [0.717, 1.165) is 41.5 Å². The number of benzene rings is 2. The summed E-state index contributed by atoms with van der Waals surface area (Å²) < 4.78 is 5.46. The molecule has 0 radical (unpaired) electrons. The summed E-state index contributed by atoms with van der Waals surface area (Å²) >= 11 is 0. The third kappa shape index (κ3) is 3.51. The molecule has 3 unspecified atom stereocenters. The minimum absolute atomic E-state index is 0.0194. The van der Waals surface area contributed by atoms with Gasteiger partial charge in [0, 0.05) is 12.5 Å². The second kappa shape index (κ2) is 8.30. The molecule has 7 heteroatoms. The number of nitrogens with zero attached hydrogens (tertiary/aromatic N) is 1. The molecule has 2 aromatic carbocycles. The maximum absolute atomic E-state index is 12.7. The lowest BCUT2D eigenvalue weighted by molar-refractivity contribution is -0.149. The SMILES string of the molecule is O=C(NCC(=O)N1CC2CCCC2C1C(=O)O)OCC1c2ccccc2-c2ccccc21. The van der Waals surface area contributed by atoms with Crippen molar-refractivity contribution in [3.8, 4) is 11.1 Å². The van der Waals surface area contributed by atoms with Crippen LogP contribution in [0.3, 0.4) is 0 Å². The molecule has 0 spiro atoms. The van der Waals surface area contributed by atoms with E-state index < -0.39 is 18.1 Å². The molecule has 2 aliphatic carbocycles. The summed E-state index contributed by atoms with van der Waals surface area (Å²) in [5.41, 5.74) is 4.52. The second-order valence-corrected chi connectivity index (χ2v) is 8.86. The number of amides is 2. The predicted octanol–water partition coefficient (Wildman–Crippen LogP) is 3.24. The lowest BCUT2D eigenvalue weighted by atomic mass is 9.94. The van der Waals surface area contributed by atoms with Crippen LogP contribution >= 0.6 is 0 Å². The molecule has 5 rings (SSSR count). The molecule has 2 fully saturated rings. The number of fused-ring (bicyclic) bond motifs is 4. The van der Waals surface area contributed by atoms with E-state index in [4.69, 9.17) is 4.74 Å². The minimum Gasteiger partial charge on any atom is -0.480 e. The van der Waals surface area contributed by atoms with Crippen molar-refractivity contribution in [2.24, 2.45) is 11.8 Å². The largest absolute Gasteiger partial charge is 0.480 e. The third-order valence-electron chi connectivity index (χ3n) is 7.19. The summed E-state index contributed by atoms with van der Waals surface area (Å²) in [5.74, 6) is -1.13. The third-order valence-corrected chi connectivity index (χ3v) is 7.19. The van der Waals surface area contributed by atoms with Gasteiger partial charge in [0.2, 0.25) is 5.91 Å². The monoisotopic (exact) mass is 434 g/mol. The highest BCUT2D eigenvalue weighted by Gasteiger charge is 2.49. The van der Waals surface area contributed by atoms with E-state index in [1.54, 1.807) is 0 Å². The lowest BCUT2D eigenvalue weighted by Crippen LogP contribution is -2.47. The van der Waals surface area contributed by atoms with Crippen LogP contribution in [0.5, 0.6) is 0 Å². The van der Waals surface area contributed by atoms with Crippen molar-refractivity contribution in [2.45, 2.75) is 31.2 Å². The van der Waals surface area contributed by atoms with Crippen LogP contribution in [0.4, 0.5) is 4.79 Å². The molecule has 32 heavy (non-hydrogen) atoms. The molecule has 1 heterocycles. The molecule has 1 saturated heterocycles. The first-order chi connectivity index (χ1) is 15.5. The Balaban J connectivity index is 1.18. The molecule has 3 atom stereocenters. The maximum atomic E-state index is 12.7. The maximum Gasteiger partial charge on any atom is 0.407 e. The normalized spacial score (nSPS) is 23.4. The molecule has 2 amide bonds. The Morgan fingerprint density at radius 3 is 2.31 bits per heavy atom. The van der Waals surface area contributed by atoms with E-state index in [-0.39, 0.29) is 36.8 Å². The summed E-state index contributed by atoms with van der Waals surface area (Å²) in [6.07, 6.45) is 2.13. The van der Waals surface area contributed by atoms with Gasteiger partial charge in [-0.3, -0.25) is 4.79 Å². The number of hydrogen-bond donors (Lipinski definition) is 2. The number of carbonyl (C=O) groups is 3. The fourth-order valence-electron chi connectivity index (χ4n) is 5.78. The van der Waals surface area contributed by atoms with Crippen LogP contribution in [0, 0.1) is 11.8 Å². The van der Waals surface area contributed by atoms with Gasteiger partial charge in [-0.15, -0.1) is 0 Å². The first-order valence-electron chi connectivity index (χ1n) is 11.2. The van der Waals surface area contributed by atoms with E-state index in [1.165, 1.54) is 4.90 Å². The van der Waals surface area contributed by atoms with Crippen LogP contribution in [0.25, 0.3) is 11.1 Å². The number of carboxylic acid groups (broad SMARTS) is 1. The topological polar surface area (TPSA) is 95.9 Å². The van der Waals surface area contributed by atoms with Crippen molar-refractivity contribution >= 4 is 18.0 Å². The Kier molecular flexibility index (Phi) is 5.33. The number of rotatable bonds is 5. The van der Waals surface area contributed by atoms with E-state index in [1.807, 2.05) is 36.4 Å². The first kappa shape index (κ1) is 20.5. The highest BCUT2D eigenvalue weighted by molar-refractivity contribution is 5.87. The number of likely N-dealkylation sites (tertiary alicyclic amines) is 1. The van der Waals surface area contributed by atoms with E-state index >= 15 is 0 Å². The number of ether oxygens (including phenoxy) is 1. The van der Waals surface area contributed by atoms with Crippen molar-refractivity contribution in [3.05, 3.63) is 59.7 Å². The van der Waals surface area contributed by atoms with Gasteiger partial charge in [0.15, 0.2) is 0 Å². The number of aliphatic carboxylic acids is 1. The fourth-order valence-corrected chi connectivity index (χ4v) is 5.78. The zero-order valence-electron chi connectivity index (χ0n) is 17.7. The van der Waals surface area contributed by atoms with Gasteiger partial charge in [-0.25, -0.2) is 9.59 Å². The Bertz CT molecular complexity index is 1020. The molecular weight excluding hydrogens is 408 g/mol. The second-order valence-electron chi connectivity index (χ2n) is 8.86. The van der Waals surface area contributed by atoms with Gasteiger partial charge in [-0.1, -0.05) is 55.0 Å². The fraction of sp³-hybridized carbons (Fsp3) is 0.400. The van der Waals surface area contributed by atoms with Crippen LogP contribution in [-0.2, 0) is 14.3 Å². The Morgan fingerprint density at radius 1 is 1.00 bits per heavy atom. The van der Waals surface area contributed by atoms with Crippen molar-refractivity contribution < 1.29 is 24.2 Å². The molecule has 0 bridgehead atoms. The zero-order chi connectivity index (χ0) is 22.2. The summed E-state index contributed by atoms with van der Waals surface area (Å²) in [6, 6.07) is 15.4. The van der Waals surface area contributed by atoms with Crippen molar-refractivity contribution in [3.63, 3.8) is 0 Å². The van der Waals surface area contributed by atoms with E-state index in [0.29, 0.717) is 6.54 Å². The molecule has 2 N–H and O–H groups in total. The van der Waals surface area contributed by atoms with Gasteiger partial charge in [0.1, 0.15) is 19.2 Å². The number of carboxylic acids is 1. The summed E-state index contributed by atoms with van der Waals surface area (Å²) in [4.78, 5) is 38.2. The average molecular weight is 434 g/mol. The number of carbonyl (C=O) groups excluding carboxylic acids is 2. The van der Waals surface area contributed by atoms with Crippen LogP contribution < -0.4 is 5.32 Å². The highest BCUT2D eigenvalue weighted by atomic mass is 16.5. The lowest BCUT2D eigenvalue weighted by Gasteiger charge is -2.24. The summed E-state index contributed by atoms with van der Waals surface area (Å²) in [5, 5.41) is 12.1. The Labute approximate surface area is 186 Å².